The van der Waals surface area contributed by atoms with Crippen LogP contribution in [-0.4, -0.2) is 32.6 Å². The maximum atomic E-state index is 11.8. The van der Waals surface area contributed by atoms with E-state index in [0.717, 1.165) is 11.4 Å². The van der Waals surface area contributed by atoms with Crippen molar-refractivity contribution < 1.29 is 4.79 Å². The summed E-state index contributed by atoms with van der Waals surface area (Å²) in [5.41, 5.74) is 0.757. The van der Waals surface area contributed by atoms with Crippen molar-refractivity contribution in [2.24, 2.45) is 0 Å². The second kappa shape index (κ2) is 3.55. The highest BCUT2D eigenvalue weighted by atomic mass is 16.2. The Morgan fingerprint density at radius 1 is 1.47 bits per heavy atom. The first-order valence-electron chi connectivity index (χ1n) is 5.12. The van der Waals surface area contributed by atoms with E-state index >= 15 is 0 Å². The van der Waals surface area contributed by atoms with Crippen molar-refractivity contribution in [3.8, 4) is 11.4 Å². The average Bonchev–Trinajstić information content (AvgIpc) is 2.85. The van der Waals surface area contributed by atoms with Crippen molar-refractivity contribution in [2.45, 2.75) is 6.67 Å². The zero-order chi connectivity index (χ0) is 11.8. The number of fused-ring (bicyclic) bond motifs is 3. The van der Waals surface area contributed by atoms with E-state index < -0.39 is 0 Å². The van der Waals surface area contributed by atoms with Gasteiger partial charge >= 0.3 is 6.03 Å². The van der Waals surface area contributed by atoms with Crippen LogP contribution in [-0.2, 0) is 6.67 Å². The smallest absolute Gasteiger partial charge is 0.324 e. The van der Waals surface area contributed by atoms with E-state index in [-0.39, 0.29) is 6.03 Å². The van der Waals surface area contributed by atoms with Crippen LogP contribution in [0, 0.1) is 0 Å². The fourth-order valence-corrected chi connectivity index (χ4v) is 1.88. The zero-order valence-electron chi connectivity index (χ0n) is 9.16. The van der Waals surface area contributed by atoms with Crippen LogP contribution in [0.4, 0.5) is 10.6 Å². The zero-order valence-corrected chi connectivity index (χ0v) is 9.16. The lowest BCUT2D eigenvalue weighted by Crippen LogP contribution is -2.42. The molecular formula is C10H10N6O. The molecule has 1 aliphatic heterocycles. The van der Waals surface area contributed by atoms with Crippen molar-refractivity contribution >= 4 is 11.8 Å². The number of anilines is 1. The van der Waals surface area contributed by atoms with Crippen LogP contribution in [0.25, 0.3) is 11.4 Å². The molecule has 2 amide bonds. The first-order chi connectivity index (χ1) is 8.31. The number of hydrogen-bond acceptors (Lipinski definition) is 4. The Morgan fingerprint density at radius 3 is 3.18 bits per heavy atom. The quantitative estimate of drug-likeness (QED) is 0.713. The van der Waals surface area contributed by atoms with Gasteiger partial charge in [-0.3, -0.25) is 4.90 Å². The van der Waals surface area contributed by atoms with Gasteiger partial charge in [-0.15, -0.1) is 0 Å². The van der Waals surface area contributed by atoms with E-state index in [0.29, 0.717) is 12.5 Å². The predicted molar refractivity (Wildman–Crippen MR) is 60.2 cm³/mol. The Bertz CT molecular complexity index is 578. The molecule has 0 aliphatic carbocycles. The van der Waals surface area contributed by atoms with Crippen molar-refractivity contribution in [1.82, 2.24) is 24.8 Å². The topological polar surface area (TPSA) is 75.9 Å². The summed E-state index contributed by atoms with van der Waals surface area (Å²) in [4.78, 5) is 25.7. The molecule has 7 nitrogen and oxygen atoms in total. The van der Waals surface area contributed by atoms with Crippen LogP contribution in [0.5, 0.6) is 0 Å². The van der Waals surface area contributed by atoms with Crippen molar-refractivity contribution in [2.75, 3.05) is 11.9 Å². The van der Waals surface area contributed by atoms with E-state index in [1.165, 1.54) is 6.33 Å². The van der Waals surface area contributed by atoms with Gasteiger partial charge in [-0.1, -0.05) is 0 Å². The normalized spacial score (nSPS) is 12.9. The molecule has 2 aromatic rings. The van der Waals surface area contributed by atoms with Gasteiger partial charge in [0.1, 0.15) is 18.8 Å². The molecule has 0 saturated heterocycles. The van der Waals surface area contributed by atoms with E-state index in [4.69, 9.17) is 0 Å². The molecule has 86 valence electrons. The Morgan fingerprint density at radius 2 is 2.35 bits per heavy atom. The lowest BCUT2D eigenvalue weighted by atomic mass is 10.2. The standard InChI is InChI=1S/C10H10N6O/c1-11-10(17)16-6-15-3-2-13-8(15)7-4-12-5-14-9(7)16/h2-5H,6H2,1H3,(H,11,17). The molecule has 17 heavy (non-hydrogen) atoms. The van der Waals surface area contributed by atoms with Crippen LogP contribution in [0.3, 0.4) is 0 Å². The highest BCUT2D eigenvalue weighted by molar-refractivity contribution is 5.94. The van der Waals surface area contributed by atoms with Gasteiger partial charge in [-0.2, -0.15) is 0 Å². The van der Waals surface area contributed by atoms with Gasteiger partial charge in [0, 0.05) is 25.6 Å². The number of amides is 2. The van der Waals surface area contributed by atoms with Gasteiger partial charge < -0.3 is 9.88 Å². The third-order valence-corrected chi connectivity index (χ3v) is 2.66. The van der Waals surface area contributed by atoms with Crippen molar-refractivity contribution in [1.29, 1.82) is 0 Å². The minimum atomic E-state index is -0.204. The fourth-order valence-electron chi connectivity index (χ4n) is 1.88. The maximum Gasteiger partial charge on any atom is 0.324 e. The number of carbonyl (C=O) groups excluding carboxylic acids is 1. The minimum absolute atomic E-state index is 0.204. The summed E-state index contributed by atoms with van der Waals surface area (Å²) in [6.07, 6.45) is 6.60. The Balaban J connectivity index is 2.18. The summed E-state index contributed by atoms with van der Waals surface area (Å²) in [6.45, 7) is 0.402. The molecule has 0 unspecified atom stereocenters. The van der Waals surface area contributed by atoms with Gasteiger partial charge in [-0.05, 0) is 0 Å². The Hall–Kier alpha value is -2.44. The van der Waals surface area contributed by atoms with E-state index in [2.05, 4.69) is 20.3 Å². The summed E-state index contributed by atoms with van der Waals surface area (Å²) < 4.78 is 1.88. The monoisotopic (exact) mass is 230 g/mol. The van der Waals surface area contributed by atoms with Gasteiger partial charge in [0.25, 0.3) is 0 Å². The maximum absolute atomic E-state index is 11.8. The second-order valence-electron chi connectivity index (χ2n) is 3.61. The molecular weight excluding hydrogens is 220 g/mol. The third-order valence-electron chi connectivity index (χ3n) is 2.66. The molecule has 7 heteroatoms. The lowest BCUT2D eigenvalue weighted by molar-refractivity contribution is 0.246. The number of hydrogen-bond donors (Lipinski definition) is 1. The van der Waals surface area contributed by atoms with E-state index in [9.17, 15) is 4.79 Å². The minimum Gasteiger partial charge on any atom is -0.341 e. The number of nitrogens with zero attached hydrogens (tertiary/aromatic N) is 5. The highest BCUT2D eigenvalue weighted by Crippen LogP contribution is 2.31. The average molecular weight is 230 g/mol. The van der Waals surface area contributed by atoms with E-state index in [1.807, 2.05) is 10.8 Å². The van der Waals surface area contributed by atoms with Crippen LogP contribution >= 0.6 is 0 Å². The summed E-state index contributed by atoms with van der Waals surface area (Å²) >= 11 is 0. The van der Waals surface area contributed by atoms with Crippen molar-refractivity contribution in [3.63, 3.8) is 0 Å². The number of rotatable bonds is 0. The summed E-state index contributed by atoms with van der Waals surface area (Å²) in [6, 6.07) is -0.204. The van der Waals surface area contributed by atoms with Gasteiger partial charge in [0.05, 0.1) is 5.56 Å². The van der Waals surface area contributed by atoms with Gasteiger partial charge in [0.2, 0.25) is 0 Å². The SMILES string of the molecule is CNC(=O)N1Cn2ccnc2-c2cncnc21. The highest BCUT2D eigenvalue weighted by Gasteiger charge is 2.27. The second-order valence-corrected chi connectivity index (χ2v) is 3.61. The van der Waals surface area contributed by atoms with Crippen molar-refractivity contribution in [3.05, 3.63) is 24.9 Å². The molecule has 0 saturated carbocycles. The molecule has 3 rings (SSSR count). The number of imidazole rings is 1. The van der Waals surface area contributed by atoms with Gasteiger partial charge in [0.15, 0.2) is 5.82 Å². The first-order valence-corrected chi connectivity index (χ1v) is 5.12. The molecule has 0 radical (unpaired) electrons. The number of carbonyl (C=O) groups is 1. The molecule has 0 aromatic carbocycles. The molecule has 2 aromatic heterocycles. The van der Waals surface area contributed by atoms with E-state index in [1.54, 1.807) is 24.3 Å². The lowest BCUT2D eigenvalue weighted by Gasteiger charge is -2.28. The Kier molecular flexibility index (Phi) is 2.04. The Labute approximate surface area is 97.1 Å². The molecule has 0 atom stereocenters. The summed E-state index contributed by atoms with van der Waals surface area (Å²) in [5, 5.41) is 2.59. The first kappa shape index (κ1) is 9.76. The number of nitrogens with one attached hydrogen (secondary N) is 1. The van der Waals surface area contributed by atoms with Gasteiger partial charge in [-0.25, -0.2) is 19.7 Å². The van der Waals surface area contributed by atoms with Crippen LogP contribution < -0.4 is 10.2 Å². The molecule has 1 N–H and O–H groups in total. The van der Waals surface area contributed by atoms with Crippen LogP contribution in [0.15, 0.2) is 24.9 Å². The molecule has 1 aliphatic rings. The molecule has 3 heterocycles. The van der Waals surface area contributed by atoms with Crippen LogP contribution in [0.2, 0.25) is 0 Å². The fraction of sp³-hybridized carbons (Fsp3) is 0.200. The predicted octanol–water partition coefficient (Wildman–Crippen LogP) is 0.457. The number of urea groups is 1. The molecule has 0 fully saturated rings. The summed E-state index contributed by atoms with van der Waals surface area (Å²) in [5.74, 6) is 1.36. The largest absolute Gasteiger partial charge is 0.341 e. The number of aromatic nitrogens is 4. The van der Waals surface area contributed by atoms with Crippen LogP contribution in [0.1, 0.15) is 0 Å². The summed E-state index contributed by atoms with van der Waals surface area (Å²) in [7, 11) is 1.59. The molecule has 0 spiro atoms. The third kappa shape index (κ3) is 1.36. The molecule has 0 bridgehead atoms.